The van der Waals surface area contributed by atoms with Gasteiger partial charge in [0, 0.05) is 23.4 Å². The number of hydrogen-bond donors (Lipinski definition) is 2. The Bertz CT molecular complexity index is 1120. The summed E-state index contributed by atoms with van der Waals surface area (Å²) < 4.78 is 11.7. The number of amides is 2. The second-order valence-corrected chi connectivity index (χ2v) is 6.26. The summed E-state index contributed by atoms with van der Waals surface area (Å²) >= 11 is 0. The van der Waals surface area contributed by atoms with Crippen molar-refractivity contribution in [3.8, 4) is 17.2 Å². The predicted molar refractivity (Wildman–Crippen MR) is 109 cm³/mol. The lowest BCUT2D eigenvalue weighted by molar-refractivity contribution is 0.0842. The number of hydrogen-bond acceptors (Lipinski definition) is 6. The highest BCUT2D eigenvalue weighted by molar-refractivity contribution is 5.98. The summed E-state index contributed by atoms with van der Waals surface area (Å²) in [6.07, 6.45) is 0. The van der Waals surface area contributed by atoms with Gasteiger partial charge in [0.15, 0.2) is 5.69 Å². The van der Waals surface area contributed by atoms with Crippen LogP contribution >= 0.6 is 0 Å². The summed E-state index contributed by atoms with van der Waals surface area (Å²) in [4.78, 5) is 37.2. The molecule has 154 valence electrons. The highest BCUT2D eigenvalue weighted by Gasteiger charge is 2.17. The lowest BCUT2D eigenvalue weighted by Crippen LogP contribution is -2.44. The molecule has 0 aliphatic rings. The number of ether oxygens (including phenoxy) is 2. The summed E-state index contributed by atoms with van der Waals surface area (Å²) in [5, 5.41) is 4.15. The van der Waals surface area contributed by atoms with Gasteiger partial charge in [0.25, 0.3) is 11.8 Å². The number of hydrazine groups is 1. The second kappa shape index (κ2) is 8.91. The number of carbonyl (C=O) groups excluding carboxylic acids is 2. The zero-order valence-electron chi connectivity index (χ0n) is 16.6. The van der Waals surface area contributed by atoms with Crippen molar-refractivity contribution in [3.05, 3.63) is 81.8 Å². The lowest BCUT2D eigenvalue weighted by Gasteiger charge is -2.12. The number of para-hydroxylation sites is 1. The first-order chi connectivity index (χ1) is 14.4. The molecule has 0 aliphatic carbocycles. The molecule has 0 unspecified atom stereocenters. The van der Waals surface area contributed by atoms with Gasteiger partial charge in [-0.05, 0) is 31.2 Å². The molecule has 2 N–H and O–H groups in total. The fourth-order valence-corrected chi connectivity index (χ4v) is 2.72. The van der Waals surface area contributed by atoms with Gasteiger partial charge in [-0.2, -0.15) is 5.10 Å². The standard InChI is InChI=1S/C21H20N4O5/c1-13-9-18(26)19(24-25(13)15-7-5-4-6-8-15)21(28)23-22-20(27)14-10-16(29-2)12-17(11-14)30-3/h4-12H,1-3H3,(H,22,27)(H,23,28). The molecule has 0 spiro atoms. The van der Waals surface area contributed by atoms with Gasteiger partial charge in [-0.3, -0.25) is 25.2 Å². The fraction of sp³-hybridized carbons (Fsp3) is 0.143. The van der Waals surface area contributed by atoms with Crippen LogP contribution in [0.3, 0.4) is 0 Å². The van der Waals surface area contributed by atoms with Gasteiger partial charge in [-0.25, -0.2) is 4.68 Å². The van der Waals surface area contributed by atoms with Gasteiger partial charge >= 0.3 is 0 Å². The Morgan fingerprint density at radius 1 is 0.900 bits per heavy atom. The van der Waals surface area contributed by atoms with Crippen molar-refractivity contribution in [1.82, 2.24) is 20.6 Å². The van der Waals surface area contributed by atoms with Crippen LogP contribution in [0.15, 0.2) is 59.4 Å². The fourth-order valence-electron chi connectivity index (χ4n) is 2.72. The van der Waals surface area contributed by atoms with Crippen LogP contribution in [0.5, 0.6) is 11.5 Å². The molecule has 0 radical (unpaired) electrons. The highest BCUT2D eigenvalue weighted by atomic mass is 16.5. The third-order valence-corrected chi connectivity index (χ3v) is 4.23. The number of carbonyl (C=O) groups is 2. The average Bonchev–Trinajstić information content (AvgIpc) is 2.77. The van der Waals surface area contributed by atoms with Crippen molar-refractivity contribution < 1.29 is 19.1 Å². The normalized spacial score (nSPS) is 10.2. The van der Waals surface area contributed by atoms with Crippen LogP contribution in [-0.4, -0.2) is 35.8 Å². The van der Waals surface area contributed by atoms with E-state index in [-0.39, 0.29) is 11.3 Å². The van der Waals surface area contributed by atoms with Gasteiger partial charge in [0.2, 0.25) is 5.43 Å². The number of nitrogens with zero attached hydrogens (tertiary/aromatic N) is 2. The Labute approximate surface area is 172 Å². The third kappa shape index (κ3) is 4.46. The summed E-state index contributed by atoms with van der Waals surface area (Å²) in [5.74, 6) is -0.627. The molecule has 0 bridgehead atoms. The molecule has 1 heterocycles. The summed E-state index contributed by atoms with van der Waals surface area (Å²) in [6, 6.07) is 15.0. The predicted octanol–water partition coefficient (Wildman–Crippen LogP) is 1.63. The van der Waals surface area contributed by atoms with E-state index in [2.05, 4.69) is 16.0 Å². The van der Waals surface area contributed by atoms with Crippen LogP contribution in [0.25, 0.3) is 5.69 Å². The van der Waals surface area contributed by atoms with Crippen molar-refractivity contribution in [1.29, 1.82) is 0 Å². The molecule has 0 aliphatic heterocycles. The first-order valence-electron chi connectivity index (χ1n) is 8.93. The van der Waals surface area contributed by atoms with Gasteiger partial charge in [0.05, 0.1) is 19.9 Å². The molecule has 9 nitrogen and oxygen atoms in total. The van der Waals surface area contributed by atoms with Crippen molar-refractivity contribution in [2.45, 2.75) is 6.92 Å². The minimum Gasteiger partial charge on any atom is -0.497 e. The molecule has 0 fully saturated rings. The topological polar surface area (TPSA) is 112 Å². The molecule has 0 saturated heterocycles. The van der Waals surface area contributed by atoms with Crippen molar-refractivity contribution in [2.24, 2.45) is 0 Å². The minimum atomic E-state index is -0.840. The van der Waals surface area contributed by atoms with Crippen LogP contribution in [-0.2, 0) is 0 Å². The zero-order valence-corrected chi connectivity index (χ0v) is 16.6. The third-order valence-electron chi connectivity index (χ3n) is 4.23. The smallest absolute Gasteiger partial charge is 0.294 e. The van der Waals surface area contributed by atoms with E-state index in [0.29, 0.717) is 22.9 Å². The summed E-state index contributed by atoms with van der Waals surface area (Å²) in [7, 11) is 2.91. The van der Waals surface area contributed by atoms with Crippen molar-refractivity contribution in [3.63, 3.8) is 0 Å². The first kappa shape index (κ1) is 20.6. The molecule has 30 heavy (non-hydrogen) atoms. The quantitative estimate of drug-likeness (QED) is 0.621. The molecule has 9 heteroatoms. The van der Waals surface area contributed by atoms with E-state index in [1.807, 2.05) is 18.2 Å². The van der Waals surface area contributed by atoms with E-state index in [1.165, 1.54) is 37.1 Å². The summed E-state index contributed by atoms with van der Waals surface area (Å²) in [5.41, 5.74) is 5.02. The molecule has 3 rings (SSSR count). The molecule has 1 aromatic heterocycles. The Hall–Kier alpha value is -4.14. The maximum absolute atomic E-state index is 12.5. The van der Waals surface area contributed by atoms with Gasteiger partial charge in [-0.15, -0.1) is 0 Å². The van der Waals surface area contributed by atoms with Gasteiger partial charge < -0.3 is 9.47 Å². The minimum absolute atomic E-state index is 0.199. The Morgan fingerprint density at radius 2 is 1.50 bits per heavy atom. The molecular weight excluding hydrogens is 388 g/mol. The zero-order chi connectivity index (χ0) is 21.7. The number of methoxy groups -OCH3 is 2. The highest BCUT2D eigenvalue weighted by Crippen LogP contribution is 2.22. The summed E-state index contributed by atoms with van der Waals surface area (Å²) in [6.45, 7) is 1.71. The number of aryl methyl sites for hydroxylation is 1. The number of benzene rings is 2. The van der Waals surface area contributed by atoms with E-state index >= 15 is 0 Å². The molecule has 2 amide bonds. The van der Waals surface area contributed by atoms with Crippen LogP contribution in [0.4, 0.5) is 0 Å². The molecule has 2 aromatic carbocycles. The van der Waals surface area contributed by atoms with E-state index in [0.717, 1.165) is 0 Å². The molecule has 0 atom stereocenters. The Morgan fingerprint density at radius 3 is 2.10 bits per heavy atom. The largest absolute Gasteiger partial charge is 0.497 e. The SMILES string of the molecule is COc1cc(OC)cc(C(=O)NNC(=O)c2nn(-c3ccccc3)c(C)cc2=O)c1. The Balaban J connectivity index is 1.80. The van der Waals surface area contributed by atoms with Crippen molar-refractivity contribution >= 4 is 11.8 Å². The molecule has 0 saturated carbocycles. The maximum Gasteiger partial charge on any atom is 0.294 e. The number of nitrogens with one attached hydrogen (secondary N) is 2. The first-order valence-corrected chi connectivity index (χ1v) is 8.93. The van der Waals surface area contributed by atoms with Gasteiger partial charge in [-0.1, -0.05) is 18.2 Å². The van der Waals surface area contributed by atoms with E-state index in [4.69, 9.17) is 9.47 Å². The Kier molecular flexibility index (Phi) is 6.11. The number of rotatable bonds is 5. The van der Waals surface area contributed by atoms with Crippen LogP contribution in [0.1, 0.15) is 26.5 Å². The van der Waals surface area contributed by atoms with Crippen LogP contribution < -0.4 is 25.8 Å². The second-order valence-electron chi connectivity index (χ2n) is 6.26. The average molecular weight is 408 g/mol. The number of aromatic nitrogens is 2. The van der Waals surface area contributed by atoms with E-state index < -0.39 is 17.2 Å². The molecular formula is C21H20N4O5. The van der Waals surface area contributed by atoms with Crippen LogP contribution in [0.2, 0.25) is 0 Å². The maximum atomic E-state index is 12.5. The van der Waals surface area contributed by atoms with E-state index in [9.17, 15) is 14.4 Å². The lowest BCUT2D eigenvalue weighted by atomic mass is 10.2. The van der Waals surface area contributed by atoms with Gasteiger partial charge in [0.1, 0.15) is 11.5 Å². The van der Waals surface area contributed by atoms with Crippen LogP contribution in [0, 0.1) is 6.92 Å². The monoisotopic (exact) mass is 408 g/mol. The van der Waals surface area contributed by atoms with E-state index in [1.54, 1.807) is 25.1 Å². The molecule has 3 aromatic rings. The van der Waals surface area contributed by atoms with Crippen molar-refractivity contribution in [2.75, 3.05) is 14.2 Å².